The highest BCUT2D eigenvalue weighted by Crippen LogP contribution is 2.39. The number of benzene rings is 1. The first-order valence-electron chi connectivity index (χ1n) is 8.54. The summed E-state index contributed by atoms with van der Waals surface area (Å²) in [6.45, 7) is 9.76. The number of aliphatic hydroxyl groups is 1. The second kappa shape index (κ2) is 8.08. The van der Waals surface area contributed by atoms with Crippen molar-refractivity contribution in [2.24, 2.45) is 0 Å². The van der Waals surface area contributed by atoms with E-state index in [2.05, 4.69) is 0 Å². The number of hydrogen-bond acceptors (Lipinski definition) is 5. The van der Waals surface area contributed by atoms with Crippen LogP contribution in [0.25, 0.3) is 6.08 Å². The summed E-state index contributed by atoms with van der Waals surface area (Å²) in [5, 5.41) is 9.20. The Balaban J connectivity index is 2.30. The maximum atomic E-state index is 11.4. The van der Waals surface area contributed by atoms with Crippen molar-refractivity contribution >= 4 is 30.1 Å². The zero-order chi connectivity index (χ0) is 18.7. The van der Waals surface area contributed by atoms with Gasteiger partial charge in [-0.15, -0.1) is 0 Å². The standard InChI is InChI=1S/C19H27BO4S/c1-14(22)25-13-17(20-23-18(2,3)19(4,5)24-20)12-16-8-6-7-15(11-16)9-10-21/h6-8,11-12,21H,9-10,13H2,1-5H3. The van der Waals surface area contributed by atoms with Crippen molar-refractivity contribution in [2.45, 2.75) is 52.2 Å². The zero-order valence-corrected chi connectivity index (χ0v) is 16.5. The highest BCUT2D eigenvalue weighted by atomic mass is 32.2. The van der Waals surface area contributed by atoms with Crippen LogP contribution in [0.5, 0.6) is 0 Å². The first-order valence-corrected chi connectivity index (χ1v) is 9.52. The first kappa shape index (κ1) is 20.2. The molecule has 1 saturated heterocycles. The van der Waals surface area contributed by atoms with Crippen molar-refractivity contribution < 1.29 is 19.2 Å². The summed E-state index contributed by atoms with van der Waals surface area (Å²) < 4.78 is 12.3. The molecule has 25 heavy (non-hydrogen) atoms. The lowest BCUT2D eigenvalue weighted by Gasteiger charge is -2.32. The van der Waals surface area contributed by atoms with Crippen LogP contribution in [-0.2, 0) is 20.5 Å². The molecule has 0 atom stereocenters. The second-order valence-electron chi connectivity index (χ2n) is 7.31. The van der Waals surface area contributed by atoms with Crippen LogP contribution in [0.2, 0.25) is 0 Å². The van der Waals surface area contributed by atoms with Gasteiger partial charge in [0.2, 0.25) is 0 Å². The summed E-state index contributed by atoms with van der Waals surface area (Å²) in [5.41, 5.74) is 2.18. The van der Waals surface area contributed by atoms with E-state index in [9.17, 15) is 4.79 Å². The zero-order valence-electron chi connectivity index (χ0n) is 15.7. The molecule has 0 aromatic heterocycles. The normalized spacial score (nSPS) is 19.3. The van der Waals surface area contributed by atoms with Crippen LogP contribution < -0.4 is 0 Å². The number of carbonyl (C=O) groups excluding carboxylic acids is 1. The van der Waals surface area contributed by atoms with Gasteiger partial charge in [-0.2, -0.15) is 0 Å². The van der Waals surface area contributed by atoms with Crippen molar-refractivity contribution in [2.75, 3.05) is 12.4 Å². The van der Waals surface area contributed by atoms with Crippen LogP contribution >= 0.6 is 11.8 Å². The minimum absolute atomic E-state index is 0.0662. The molecule has 1 aromatic carbocycles. The Labute approximate surface area is 155 Å². The molecule has 0 amide bonds. The molecule has 2 rings (SSSR count). The molecule has 1 aliphatic heterocycles. The molecule has 1 aromatic rings. The fourth-order valence-corrected chi connectivity index (χ4v) is 3.13. The molecule has 1 N–H and O–H groups in total. The Morgan fingerprint density at radius 3 is 2.44 bits per heavy atom. The monoisotopic (exact) mass is 362 g/mol. The quantitative estimate of drug-likeness (QED) is 0.785. The molecule has 1 heterocycles. The smallest absolute Gasteiger partial charge is 0.400 e. The van der Waals surface area contributed by atoms with Crippen LogP contribution in [0.4, 0.5) is 0 Å². The second-order valence-corrected chi connectivity index (χ2v) is 8.46. The minimum atomic E-state index is -0.474. The maximum Gasteiger partial charge on any atom is 0.491 e. The number of rotatable bonds is 6. The molecule has 0 spiro atoms. The van der Waals surface area contributed by atoms with Crippen molar-refractivity contribution in [3.63, 3.8) is 0 Å². The Hall–Kier alpha value is -1.08. The number of carbonyl (C=O) groups is 1. The Morgan fingerprint density at radius 2 is 1.88 bits per heavy atom. The average molecular weight is 362 g/mol. The topological polar surface area (TPSA) is 55.8 Å². The summed E-state index contributed by atoms with van der Waals surface area (Å²) in [4.78, 5) is 11.4. The van der Waals surface area contributed by atoms with E-state index in [4.69, 9.17) is 14.4 Å². The molecule has 1 aliphatic rings. The summed E-state index contributed by atoms with van der Waals surface area (Å²) in [6, 6.07) is 8.01. The molecule has 0 aliphatic carbocycles. The predicted octanol–water partition coefficient (Wildman–Crippen LogP) is 3.52. The fourth-order valence-electron chi connectivity index (χ4n) is 2.54. The fraction of sp³-hybridized carbons (Fsp3) is 0.526. The highest BCUT2D eigenvalue weighted by Gasteiger charge is 2.52. The lowest BCUT2D eigenvalue weighted by Crippen LogP contribution is -2.41. The van der Waals surface area contributed by atoms with Gasteiger partial charge in [-0.25, -0.2) is 0 Å². The van der Waals surface area contributed by atoms with Crippen LogP contribution in [0.3, 0.4) is 0 Å². The van der Waals surface area contributed by atoms with Gasteiger partial charge in [-0.05, 0) is 50.7 Å². The third-order valence-electron chi connectivity index (χ3n) is 4.70. The summed E-state index contributed by atoms with van der Waals surface area (Å²) in [7, 11) is -0.474. The molecular formula is C19H27BO4S. The molecule has 0 bridgehead atoms. The van der Waals surface area contributed by atoms with Gasteiger partial charge < -0.3 is 14.4 Å². The van der Waals surface area contributed by atoms with Gasteiger partial charge >= 0.3 is 7.12 Å². The lowest BCUT2D eigenvalue weighted by molar-refractivity contribution is -0.109. The van der Waals surface area contributed by atoms with Gasteiger partial charge in [0.15, 0.2) is 5.12 Å². The molecule has 136 valence electrons. The Kier molecular flexibility index (Phi) is 6.54. The van der Waals surface area contributed by atoms with Crippen LogP contribution in [0.15, 0.2) is 29.7 Å². The molecular weight excluding hydrogens is 335 g/mol. The van der Waals surface area contributed by atoms with Gasteiger partial charge in [0.05, 0.1) is 11.2 Å². The van der Waals surface area contributed by atoms with Gasteiger partial charge in [0.25, 0.3) is 0 Å². The highest BCUT2D eigenvalue weighted by molar-refractivity contribution is 8.13. The average Bonchev–Trinajstić information content (AvgIpc) is 2.72. The molecule has 6 heteroatoms. The largest absolute Gasteiger partial charge is 0.491 e. The van der Waals surface area contributed by atoms with Crippen LogP contribution in [0.1, 0.15) is 45.7 Å². The number of hydrogen-bond donors (Lipinski definition) is 1. The van der Waals surface area contributed by atoms with Crippen LogP contribution in [0, 0.1) is 0 Å². The summed E-state index contributed by atoms with van der Waals surface area (Å²) in [5.74, 6) is 0.524. The summed E-state index contributed by atoms with van der Waals surface area (Å²) in [6.07, 6.45) is 2.65. The Bertz CT molecular complexity index is 639. The van der Waals surface area contributed by atoms with E-state index in [1.807, 2.05) is 58.0 Å². The van der Waals surface area contributed by atoms with Gasteiger partial charge in [-0.3, -0.25) is 4.79 Å². The third kappa shape index (κ3) is 5.20. The molecule has 0 saturated carbocycles. The van der Waals surface area contributed by atoms with E-state index in [0.717, 1.165) is 16.6 Å². The van der Waals surface area contributed by atoms with E-state index in [-0.39, 0.29) is 11.7 Å². The summed E-state index contributed by atoms with van der Waals surface area (Å²) >= 11 is 1.25. The van der Waals surface area contributed by atoms with E-state index >= 15 is 0 Å². The lowest BCUT2D eigenvalue weighted by atomic mass is 9.78. The molecule has 0 unspecified atom stereocenters. The maximum absolute atomic E-state index is 11.4. The number of thioether (sulfide) groups is 1. The molecule has 4 nitrogen and oxygen atoms in total. The van der Waals surface area contributed by atoms with Gasteiger partial charge in [0.1, 0.15) is 0 Å². The van der Waals surface area contributed by atoms with Crippen molar-refractivity contribution in [1.82, 2.24) is 0 Å². The van der Waals surface area contributed by atoms with E-state index in [1.54, 1.807) is 6.92 Å². The first-order chi connectivity index (χ1) is 11.6. The Morgan fingerprint density at radius 1 is 1.24 bits per heavy atom. The van der Waals surface area contributed by atoms with E-state index in [0.29, 0.717) is 12.2 Å². The third-order valence-corrected chi connectivity index (χ3v) is 5.59. The van der Waals surface area contributed by atoms with Gasteiger partial charge in [0, 0.05) is 19.3 Å². The number of aliphatic hydroxyl groups excluding tert-OH is 1. The molecule has 1 fully saturated rings. The minimum Gasteiger partial charge on any atom is -0.400 e. The van der Waals surface area contributed by atoms with Gasteiger partial charge in [-0.1, -0.05) is 42.1 Å². The van der Waals surface area contributed by atoms with Crippen molar-refractivity contribution in [3.8, 4) is 0 Å². The van der Waals surface area contributed by atoms with Crippen LogP contribution in [-0.4, -0.2) is 40.9 Å². The van der Waals surface area contributed by atoms with E-state index in [1.165, 1.54) is 11.8 Å². The van der Waals surface area contributed by atoms with Crippen molar-refractivity contribution in [3.05, 3.63) is 40.9 Å². The molecule has 0 radical (unpaired) electrons. The van der Waals surface area contributed by atoms with Crippen molar-refractivity contribution in [1.29, 1.82) is 0 Å². The SMILES string of the molecule is CC(=O)SCC(=Cc1cccc(CCO)c1)B1OC(C)(C)C(C)(C)O1. The predicted molar refractivity (Wildman–Crippen MR) is 104 cm³/mol. The van der Waals surface area contributed by atoms with E-state index < -0.39 is 18.3 Å².